The van der Waals surface area contributed by atoms with E-state index in [0.717, 1.165) is 0 Å². The molecule has 0 aromatic heterocycles. The zero-order chi connectivity index (χ0) is 22.0. The van der Waals surface area contributed by atoms with Crippen LogP contribution in [0.2, 0.25) is 0 Å². The number of methoxy groups -OCH3 is 2. The standard InChI is InChI=1S/C22H23NO7/c1-5-30-16-10-12(6-8-14(16)24)19-18(21(26)22(27)23(19)2)20(25)13-7-9-15(28-3)17(11-13)29-4/h6-11,19,24-25H,5H2,1-4H3/t19-/m1/s1. The van der Waals surface area contributed by atoms with Crippen LogP contribution in [0.15, 0.2) is 42.0 Å². The predicted octanol–water partition coefficient (Wildman–Crippen LogP) is 2.86. The Hall–Kier alpha value is -3.68. The zero-order valence-electron chi connectivity index (χ0n) is 17.1. The molecule has 0 spiro atoms. The van der Waals surface area contributed by atoms with Crippen molar-refractivity contribution in [2.45, 2.75) is 13.0 Å². The number of aliphatic hydroxyl groups excluding tert-OH is 1. The number of aliphatic hydroxyl groups is 1. The van der Waals surface area contributed by atoms with Crippen molar-refractivity contribution in [3.05, 3.63) is 53.1 Å². The van der Waals surface area contributed by atoms with Crippen molar-refractivity contribution in [1.82, 2.24) is 4.90 Å². The van der Waals surface area contributed by atoms with Crippen molar-refractivity contribution in [3.63, 3.8) is 0 Å². The number of likely N-dealkylation sites (N-methyl/N-ethyl adjacent to an activating group) is 1. The van der Waals surface area contributed by atoms with Crippen molar-refractivity contribution in [2.24, 2.45) is 0 Å². The number of Topliss-reactive ketones (excluding diaryl/α,β-unsaturated/α-hetero) is 1. The Balaban J connectivity index is 2.17. The Labute approximate surface area is 173 Å². The van der Waals surface area contributed by atoms with E-state index in [1.54, 1.807) is 31.2 Å². The number of rotatable bonds is 6. The molecule has 1 fully saturated rings. The van der Waals surface area contributed by atoms with Crippen molar-refractivity contribution in [1.29, 1.82) is 0 Å². The van der Waals surface area contributed by atoms with Crippen molar-refractivity contribution < 1.29 is 34.0 Å². The van der Waals surface area contributed by atoms with E-state index >= 15 is 0 Å². The first kappa shape index (κ1) is 21.0. The van der Waals surface area contributed by atoms with Crippen LogP contribution in [0.4, 0.5) is 0 Å². The summed E-state index contributed by atoms with van der Waals surface area (Å²) in [6.45, 7) is 2.10. The van der Waals surface area contributed by atoms with Gasteiger partial charge in [-0.3, -0.25) is 9.59 Å². The first-order valence-corrected chi connectivity index (χ1v) is 9.26. The van der Waals surface area contributed by atoms with Gasteiger partial charge in [0.25, 0.3) is 11.7 Å². The molecule has 8 heteroatoms. The first-order valence-electron chi connectivity index (χ1n) is 9.26. The van der Waals surface area contributed by atoms with Gasteiger partial charge in [-0.05, 0) is 42.8 Å². The minimum absolute atomic E-state index is 0.0615. The molecule has 1 amide bonds. The Morgan fingerprint density at radius 1 is 1.03 bits per heavy atom. The maximum Gasteiger partial charge on any atom is 0.295 e. The number of aromatic hydroxyl groups is 1. The molecular weight excluding hydrogens is 390 g/mol. The number of ether oxygens (including phenoxy) is 3. The molecule has 30 heavy (non-hydrogen) atoms. The summed E-state index contributed by atoms with van der Waals surface area (Å²) in [5.41, 5.74) is 0.746. The fourth-order valence-corrected chi connectivity index (χ4v) is 3.45. The molecule has 1 heterocycles. The number of phenolic OH excluding ortho intramolecular Hbond substituents is 1. The summed E-state index contributed by atoms with van der Waals surface area (Å²) >= 11 is 0. The van der Waals surface area contributed by atoms with Gasteiger partial charge in [0.15, 0.2) is 23.0 Å². The molecule has 0 aliphatic carbocycles. The molecule has 2 aromatic rings. The van der Waals surface area contributed by atoms with Crippen molar-refractivity contribution >= 4 is 17.4 Å². The van der Waals surface area contributed by atoms with E-state index < -0.39 is 17.7 Å². The summed E-state index contributed by atoms with van der Waals surface area (Å²) in [5.74, 6) is -0.897. The van der Waals surface area contributed by atoms with Gasteiger partial charge in [-0.2, -0.15) is 0 Å². The molecule has 1 aliphatic rings. The highest BCUT2D eigenvalue weighted by molar-refractivity contribution is 6.46. The van der Waals surface area contributed by atoms with Crippen molar-refractivity contribution in [3.8, 4) is 23.0 Å². The topological polar surface area (TPSA) is 106 Å². The van der Waals surface area contributed by atoms with Gasteiger partial charge < -0.3 is 29.3 Å². The predicted molar refractivity (Wildman–Crippen MR) is 109 cm³/mol. The van der Waals surface area contributed by atoms with E-state index in [9.17, 15) is 19.8 Å². The Morgan fingerprint density at radius 2 is 1.73 bits per heavy atom. The van der Waals surface area contributed by atoms with Crippen LogP contribution >= 0.6 is 0 Å². The minimum atomic E-state index is -0.849. The van der Waals surface area contributed by atoms with Gasteiger partial charge in [-0.25, -0.2) is 0 Å². The summed E-state index contributed by atoms with van der Waals surface area (Å²) in [6.07, 6.45) is 0. The molecular formula is C22H23NO7. The number of likely N-dealkylation sites (tertiary alicyclic amines) is 1. The Morgan fingerprint density at radius 3 is 2.37 bits per heavy atom. The third-order valence-electron chi connectivity index (χ3n) is 4.93. The normalized spacial score (nSPS) is 17.9. The molecule has 0 unspecified atom stereocenters. The molecule has 158 valence electrons. The number of carbonyl (C=O) groups is 2. The number of carbonyl (C=O) groups excluding carboxylic acids is 2. The number of benzene rings is 2. The molecule has 3 rings (SSSR count). The van der Waals surface area contributed by atoms with Crippen LogP contribution in [0.1, 0.15) is 24.1 Å². The lowest BCUT2D eigenvalue weighted by molar-refractivity contribution is -0.139. The average molecular weight is 413 g/mol. The van der Waals surface area contributed by atoms with Crippen LogP contribution in [0.3, 0.4) is 0 Å². The van der Waals surface area contributed by atoms with Crippen LogP contribution in [-0.2, 0) is 9.59 Å². The van der Waals surface area contributed by atoms with Gasteiger partial charge >= 0.3 is 0 Å². The first-order chi connectivity index (χ1) is 14.3. The van der Waals surface area contributed by atoms with Gasteiger partial charge in [0, 0.05) is 12.6 Å². The highest BCUT2D eigenvalue weighted by Gasteiger charge is 2.44. The lowest BCUT2D eigenvalue weighted by Gasteiger charge is -2.22. The van der Waals surface area contributed by atoms with Crippen LogP contribution in [0.5, 0.6) is 23.0 Å². The maximum absolute atomic E-state index is 12.7. The molecule has 0 radical (unpaired) electrons. The zero-order valence-corrected chi connectivity index (χ0v) is 17.1. The lowest BCUT2D eigenvalue weighted by atomic mass is 9.95. The number of nitrogens with zero attached hydrogens (tertiary/aromatic N) is 1. The number of phenols is 1. The van der Waals surface area contributed by atoms with Gasteiger partial charge in [0.05, 0.1) is 32.4 Å². The largest absolute Gasteiger partial charge is 0.507 e. The van der Waals surface area contributed by atoms with Crippen LogP contribution < -0.4 is 14.2 Å². The molecule has 2 N–H and O–H groups in total. The summed E-state index contributed by atoms with van der Waals surface area (Å²) < 4.78 is 15.9. The average Bonchev–Trinajstić information content (AvgIpc) is 2.98. The third-order valence-corrected chi connectivity index (χ3v) is 4.93. The summed E-state index contributed by atoms with van der Waals surface area (Å²) in [7, 11) is 4.42. The summed E-state index contributed by atoms with van der Waals surface area (Å²) in [4.78, 5) is 26.4. The Kier molecular flexibility index (Phi) is 5.86. The molecule has 2 aromatic carbocycles. The minimum Gasteiger partial charge on any atom is -0.507 e. The fraction of sp³-hybridized carbons (Fsp3) is 0.273. The monoisotopic (exact) mass is 413 g/mol. The third kappa shape index (κ3) is 3.52. The summed E-state index contributed by atoms with van der Waals surface area (Å²) in [5, 5.41) is 21.0. The highest BCUT2D eigenvalue weighted by atomic mass is 16.5. The van der Waals surface area contributed by atoms with Gasteiger partial charge in [0.1, 0.15) is 5.76 Å². The smallest absolute Gasteiger partial charge is 0.295 e. The molecule has 0 bridgehead atoms. The second kappa shape index (κ2) is 8.36. The molecule has 1 aliphatic heterocycles. The number of ketones is 1. The molecule has 0 saturated carbocycles. The lowest BCUT2D eigenvalue weighted by Crippen LogP contribution is -2.24. The quantitative estimate of drug-likeness (QED) is 0.426. The van der Waals surface area contributed by atoms with E-state index in [-0.39, 0.29) is 22.8 Å². The van der Waals surface area contributed by atoms with E-state index in [2.05, 4.69) is 0 Å². The second-order valence-corrected chi connectivity index (χ2v) is 6.64. The SMILES string of the molecule is CCOc1cc([C@@H]2C(=C(O)c3ccc(OC)c(OC)c3)C(=O)C(=O)N2C)ccc1O. The van der Waals surface area contributed by atoms with E-state index in [4.69, 9.17) is 14.2 Å². The molecule has 1 atom stereocenters. The number of hydrogen-bond acceptors (Lipinski definition) is 7. The van der Waals surface area contributed by atoms with Crippen LogP contribution in [-0.4, -0.2) is 54.7 Å². The molecule has 1 saturated heterocycles. The Bertz CT molecular complexity index is 1030. The van der Waals surface area contributed by atoms with E-state index in [0.29, 0.717) is 29.2 Å². The van der Waals surface area contributed by atoms with Crippen LogP contribution in [0, 0.1) is 0 Å². The number of amides is 1. The second-order valence-electron chi connectivity index (χ2n) is 6.64. The van der Waals surface area contributed by atoms with Gasteiger partial charge in [0.2, 0.25) is 0 Å². The fourth-order valence-electron chi connectivity index (χ4n) is 3.45. The number of hydrogen-bond donors (Lipinski definition) is 2. The molecule has 8 nitrogen and oxygen atoms in total. The van der Waals surface area contributed by atoms with Gasteiger partial charge in [-0.1, -0.05) is 6.07 Å². The van der Waals surface area contributed by atoms with Crippen LogP contribution in [0.25, 0.3) is 5.76 Å². The van der Waals surface area contributed by atoms with Gasteiger partial charge in [-0.15, -0.1) is 0 Å². The van der Waals surface area contributed by atoms with E-state index in [1.807, 2.05) is 0 Å². The van der Waals surface area contributed by atoms with E-state index in [1.165, 1.54) is 38.3 Å². The maximum atomic E-state index is 12.7. The highest BCUT2D eigenvalue weighted by Crippen LogP contribution is 2.41. The van der Waals surface area contributed by atoms with Crippen molar-refractivity contribution in [2.75, 3.05) is 27.9 Å². The summed E-state index contributed by atoms with van der Waals surface area (Å²) in [6, 6.07) is 8.39.